The van der Waals surface area contributed by atoms with E-state index < -0.39 is 0 Å². The zero-order valence-electron chi connectivity index (χ0n) is 13.1. The molecule has 1 N–H and O–H groups in total. The Morgan fingerprint density at radius 1 is 1.23 bits per heavy atom. The van der Waals surface area contributed by atoms with Crippen LogP contribution in [0.2, 0.25) is 0 Å². The summed E-state index contributed by atoms with van der Waals surface area (Å²) in [5.74, 6) is -0.179. The second-order valence-corrected chi connectivity index (χ2v) is 6.24. The third-order valence-electron chi connectivity index (χ3n) is 4.29. The Morgan fingerprint density at radius 3 is 2.68 bits per heavy atom. The lowest BCUT2D eigenvalue weighted by Crippen LogP contribution is -2.31. The van der Waals surface area contributed by atoms with Gasteiger partial charge in [0, 0.05) is 37.4 Å². The van der Waals surface area contributed by atoms with E-state index in [-0.39, 0.29) is 17.2 Å². The lowest BCUT2D eigenvalue weighted by molar-refractivity contribution is 0.236. The highest BCUT2D eigenvalue weighted by molar-refractivity contribution is 5.29. The maximum atomic E-state index is 11.8. The molecular weight excluding hydrogens is 276 g/mol. The van der Waals surface area contributed by atoms with Crippen molar-refractivity contribution in [1.82, 2.24) is 9.47 Å². The van der Waals surface area contributed by atoms with Crippen molar-refractivity contribution in [3.63, 3.8) is 0 Å². The van der Waals surface area contributed by atoms with Crippen molar-refractivity contribution in [2.75, 3.05) is 6.54 Å². The quantitative estimate of drug-likeness (QED) is 0.947. The summed E-state index contributed by atoms with van der Waals surface area (Å²) < 4.78 is 1.98. The number of fused-ring (bicyclic) bond motifs is 1. The van der Waals surface area contributed by atoms with Gasteiger partial charge in [-0.15, -0.1) is 0 Å². The zero-order valence-corrected chi connectivity index (χ0v) is 13.1. The summed E-state index contributed by atoms with van der Waals surface area (Å²) in [6.45, 7) is 6.73. The largest absolute Gasteiger partial charge is 0.503 e. The Labute approximate surface area is 130 Å². The SMILES string of the molecule is CC(C)n1cc(O)c(=O)cc1CN1CCc2ccccc2C1. The third-order valence-corrected chi connectivity index (χ3v) is 4.29. The number of nitrogens with zero attached hydrogens (tertiary/aromatic N) is 2. The highest BCUT2D eigenvalue weighted by atomic mass is 16.3. The fourth-order valence-corrected chi connectivity index (χ4v) is 3.10. The van der Waals surface area contributed by atoms with Crippen molar-refractivity contribution >= 4 is 0 Å². The van der Waals surface area contributed by atoms with E-state index in [2.05, 4.69) is 43.0 Å². The molecule has 4 nitrogen and oxygen atoms in total. The van der Waals surface area contributed by atoms with Crippen LogP contribution in [0.5, 0.6) is 5.75 Å². The Bertz CT molecular complexity index is 734. The van der Waals surface area contributed by atoms with Gasteiger partial charge in [0.1, 0.15) is 0 Å². The maximum absolute atomic E-state index is 11.8. The highest BCUT2D eigenvalue weighted by Gasteiger charge is 2.18. The lowest BCUT2D eigenvalue weighted by Gasteiger charge is -2.30. The molecular formula is C18H22N2O2. The van der Waals surface area contributed by atoms with Crippen LogP contribution in [-0.4, -0.2) is 21.1 Å². The number of aromatic hydroxyl groups is 1. The van der Waals surface area contributed by atoms with Crippen LogP contribution in [0.4, 0.5) is 0 Å². The van der Waals surface area contributed by atoms with Crippen LogP contribution in [0, 0.1) is 0 Å². The molecule has 0 amide bonds. The van der Waals surface area contributed by atoms with Crippen molar-refractivity contribution in [2.45, 2.75) is 39.4 Å². The molecule has 0 bridgehead atoms. The molecule has 4 heteroatoms. The molecule has 116 valence electrons. The van der Waals surface area contributed by atoms with E-state index in [1.54, 1.807) is 12.3 Å². The fraction of sp³-hybridized carbons (Fsp3) is 0.389. The van der Waals surface area contributed by atoms with Crippen LogP contribution in [0.25, 0.3) is 0 Å². The van der Waals surface area contributed by atoms with Crippen LogP contribution >= 0.6 is 0 Å². The first-order chi connectivity index (χ1) is 10.5. The van der Waals surface area contributed by atoms with Gasteiger partial charge < -0.3 is 9.67 Å². The topological polar surface area (TPSA) is 45.5 Å². The Hall–Kier alpha value is -2.07. The Morgan fingerprint density at radius 2 is 1.95 bits per heavy atom. The smallest absolute Gasteiger partial charge is 0.223 e. The first-order valence-corrected chi connectivity index (χ1v) is 7.78. The van der Waals surface area contributed by atoms with Gasteiger partial charge in [-0.25, -0.2) is 0 Å². The first-order valence-electron chi connectivity index (χ1n) is 7.78. The summed E-state index contributed by atoms with van der Waals surface area (Å²) in [5.41, 5.74) is 3.44. The average Bonchev–Trinajstić information content (AvgIpc) is 2.50. The molecule has 2 aromatic rings. The molecule has 3 rings (SSSR count). The van der Waals surface area contributed by atoms with Crippen molar-refractivity contribution in [3.8, 4) is 5.75 Å². The van der Waals surface area contributed by atoms with Crippen molar-refractivity contribution < 1.29 is 5.11 Å². The van der Waals surface area contributed by atoms with E-state index in [4.69, 9.17) is 0 Å². The van der Waals surface area contributed by atoms with Gasteiger partial charge in [0.15, 0.2) is 5.75 Å². The van der Waals surface area contributed by atoms with Gasteiger partial charge in [-0.2, -0.15) is 0 Å². The van der Waals surface area contributed by atoms with Gasteiger partial charge in [0.25, 0.3) is 0 Å². The highest BCUT2D eigenvalue weighted by Crippen LogP contribution is 2.21. The minimum absolute atomic E-state index is 0.179. The molecule has 1 aromatic heterocycles. The van der Waals surface area contributed by atoms with Gasteiger partial charge in [-0.05, 0) is 31.4 Å². The van der Waals surface area contributed by atoms with E-state index in [1.807, 2.05) is 4.57 Å². The van der Waals surface area contributed by atoms with Gasteiger partial charge in [-0.3, -0.25) is 9.69 Å². The molecule has 0 saturated carbocycles. The van der Waals surface area contributed by atoms with E-state index in [9.17, 15) is 9.90 Å². The van der Waals surface area contributed by atoms with E-state index in [0.29, 0.717) is 0 Å². The molecule has 0 aliphatic carbocycles. The van der Waals surface area contributed by atoms with Crippen LogP contribution in [0.3, 0.4) is 0 Å². The lowest BCUT2D eigenvalue weighted by atomic mass is 10.00. The predicted octanol–water partition coefficient (Wildman–Crippen LogP) is 2.69. The van der Waals surface area contributed by atoms with Gasteiger partial charge in [0.05, 0.1) is 6.20 Å². The standard InChI is InChI=1S/C18H22N2O2/c1-13(2)20-12-18(22)17(21)9-16(20)11-19-8-7-14-5-3-4-6-15(14)10-19/h3-6,9,12-13,22H,7-8,10-11H2,1-2H3. The second-order valence-electron chi connectivity index (χ2n) is 6.24. The Balaban J connectivity index is 1.85. The summed E-state index contributed by atoms with van der Waals surface area (Å²) in [6.07, 6.45) is 2.60. The molecule has 0 saturated heterocycles. The van der Waals surface area contributed by atoms with Crippen molar-refractivity contribution in [3.05, 3.63) is 63.6 Å². The van der Waals surface area contributed by atoms with Crippen LogP contribution in [-0.2, 0) is 19.5 Å². The third kappa shape index (κ3) is 2.92. The number of hydrogen-bond donors (Lipinski definition) is 1. The van der Waals surface area contributed by atoms with Gasteiger partial charge >= 0.3 is 0 Å². The minimum Gasteiger partial charge on any atom is -0.503 e. The van der Waals surface area contributed by atoms with Gasteiger partial charge in [-0.1, -0.05) is 24.3 Å². The molecule has 0 fully saturated rings. The molecule has 2 heterocycles. The fourth-order valence-electron chi connectivity index (χ4n) is 3.10. The molecule has 1 aliphatic heterocycles. The van der Waals surface area contributed by atoms with E-state index in [1.165, 1.54) is 11.1 Å². The summed E-state index contributed by atoms with van der Waals surface area (Å²) in [5, 5.41) is 9.66. The normalized spacial score (nSPS) is 15.0. The zero-order chi connectivity index (χ0) is 15.7. The van der Waals surface area contributed by atoms with E-state index in [0.717, 1.165) is 31.7 Å². The molecule has 1 aliphatic rings. The van der Waals surface area contributed by atoms with Crippen molar-refractivity contribution in [1.29, 1.82) is 0 Å². The van der Waals surface area contributed by atoms with Crippen LogP contribution in [0.15, 0.2) is 41.3 Å². The molecule has 0 spiro atoms. The summed E-state index contributed by atoms with van der Waals surface area (Å²) in [4.78, 5) is 14.1. The molecule has 22 heavy (non-hydrogen) atoms. The first kappa shape index (κ1) is 14.9. The van der Waals surface area contributed by atoms with Crippen LogP contribution < -0.4 is 5.43 Å². The molecule has 0 unspecified atom stereocenters. The maximum Gasteiger partial charge on any atom is 0.223 e. The number of benzene rings is 1. The Kier molecular flexibility index (Phi) is 4.03. The van der Waals surface area contributed by atoms with Crippen molar-refractivity contribution in [2.24, 2.45) is 0 Å². The van der Waals surface area contributed by atoms with Gasteiger partial charge in [0.2, 0.25) is 5.43 Å². The van der Waals surface area contributed by atoms with Crippen LogP contribution in [0.1, 0.15) is 36.7 Å². The number of aromatic nitrogens is 1. The monoisotopic (exact) mass is 298 g/mol. The number of pyridine rings is 1. The summed E-state index contributed by atoms with van der Waals surface area (Å²) in [7, 11) is 0. The molecule has 0 radical (unpaired) electrons. The second kappa shape index (κ2) is 5.97. The molecule has 0 atom stereocenters. The molecule has 1 aromatic carbocycles. The summed E-state index contributed by atoms with van der Waals surface area (Å²) in [6, 6.07) is 10.3. The summed E-state index contributed by atoms with van der Waals surface area (Å²) >= 11 is 0. The number of rotatable bonds is 3. The van der Waals surface area contributed by atoms with E-state index >= 15 is 0 Å². The minimum atomic E-state index is -0.302. The average molecular weight is 298 g/mol. The number of hydrogen-bond acceptors (Lipinski definition) is 3. The predicted molar refractivity (Wildman–Crippen MR) is 87.0 cm³/mol.